The maximum absolute atomic E-state index is 12.9. The fourth-order valence-electron chi connectivity index (χ4n) is 3.71. The minimum absolute atomic E-state index is 0.0307. The summed E-state index contributed by atoms with van der Waals surface area (Å²) < 4.78 is 5.17. The molecule has 2 amide bonds. The van der Waals surface area contributed by atoms with E-state index in [2.05, 4.69) is 40.4 Å². The lowest BCUT2D eigenvalue weighted by Gasteiger charge is -2.37. The highest BCUT2D eigenvalue weighted by molar-refractivity contribution is 5.83. The summed E-state index contributed by atoms with van der Waals surface area (Å²) in [7, 11) is 3.85. The Morgan fingerprint density at radius 3 is 2.79 bits per heavy atom. The van der Waals surface area contributed by atoms with Crippen LogP contribution in [0.2, 0.25) is 0 Å². The number of piperidine rings is 1. The first-order valence-electron chi connectivity index (χ1n) is 9.95. The van der Waals surface area contributed by atoms with Gasteiger partial charge in [0.05, 0.1) is 0 Å². The van der Waals surface area contributed by atoms with E-state index >= 15 is 0 Å². The van der Waals surface area contributed by atoms with Gasteiger partial charge in [-0.05, 0) is 57.1 Å². The smallest absolute Gasteiger partial charge is 0.317 e. The van der Waals surface area contributed by atoms with Gasteiger partial charge in [-0.1, -0.05) is 12.1 Å². The Labute approximate surface area is 171 Å². The van der Waals surface area contributed by atoms with Gasteiger partial charge in [0.1, 0.15) is 0 Å². The molecule has 0 saturated carbocycles. The molecule has 0 aliphatic carbocycles. The summed E-state index contributed by atoms with van der Waals surface area (Å²) in [6.45, 7) is 3.80. The molecule has 0 unspecified atom stereocenters. The van der Waals surface area contributed by atoms with Gasteiger partial charge in [-0.3, -0.25) is 4.79 Å². The number of carbonyl (C=O) groups excluding carboxylic acids is 1. The molecule has 8 heteroatoms. The molecule has 3 N–H and O–H groups in total. The zero-order valence-electron chi connectivity index (χ0n) is 17.3. The number of hydrogen-bond donors (Lipinski definition) is 3. The molecule has 1 fully saturated rings. The fourth-order valence-corrected chi connectivity index (χ4v) is 3.71. The van der Waals surface area contributed by atoms with Crippen molar-refractivity contribution in [2.24, 2.45) is 0 Å². The molecule has 1 saturated heterocycles. The number of likely N-dealkylation sites (tertiary alicyclic amines) is 1. The monoisotopic (exact) mass is 404 g/mol. The van der Waals surface area contributed by atoms with Gasteiger partial charge in [0.25, 0.3) is 6.47 Å². The van der Waals surface area contributed by atoms with E-state index in [-0.39, 0.29) is 12.5 Å². The Morgan fingerprint density at radius 2 is 2.10 bits per heavy atom. The van der Waals surface area contributed by atoms with Crippen LogP contribution >= 0.6 is 0 Å². The summed E-state index contributed by atoms with van der Waals surface area (Å²) in [5.41, 5.74) is 2.24. The Hall–Kier alpha value is -2.58. The van der Waals surface area contributed by atoms with Gasteiger partial charge in [-0.15, -0.1) is 0 Å². The van der Waals surface area contributed by atoms with E-state index < -0.39 is 0 Å². The number of carbonyl (C=O) groups is 2. The molecule has 3 rings (SSSR count). The van der Waals surface area contributed by atoms with Crippen LogP contribution in [0, 0.1) is 0 Å². The van der Waals surface area contributed by atoms with Gasteiger partial charge in [0.15, 0.2) is 0 Å². The summed E-state index contributed by atoms with van der Waals surface area (Å²) in [6, 6.07) is 8.55. The summed E-state index contributed by atoms with van der Waals surface area (Å²) in [5.74, 6) is 0. The van der Waals surface area contributed by atoms with Crippen LogP contribution in [0.4, 0.5) is 4.79 Å². The maximum Gasteiger partial charge on any atom is 0.317 e. The van der Waals surface area contributed by atoms with E-state index in [4.69, 9.17) is 14.6 Å². The predicted molar refractivity (Wildman–Crippen MR) is 113 cm³/mol. The van der Waals surface area contributed by atoms with E-state index in [9.17, 15) is 4.79 Å². The molecule has 0 radical (unpaired) electrons. The normalized spacial score (nSPS) is 14.8. The molecule has 1 aliphatic rings. The van der Waals surface area contributed by atoms with Crippen LogP contribution in [-0.4, -0.2) is 78.8 Å². The minimum atomic E-state index is -0.250. The van der Waals surface area contributed by atoms with Crippen LogP contribution in [-0.2, 0) is 16.1 Å². The molecule has 0 atom stereocenters. The van der Waals surface area contributed by atoms with Crippen LogP contribution in [0.3, 0.4) is 0 Å². The van der Waals surface area contributed by atoms with Crippen molar-refractivity contribution < 1.29 is 19.4 Å². The SMILES string of the molecule is COCCCN(C(=O)NCc1cccc2[nH]ccc12)C1CCN(C)CC1.O=CO. The quantitative estimate of drug-likeness (QED) is 0.487. The number of ether oxygens (including phenoxy) is 1. The molecule has 160 valence electrons. The second-order valence-corrected chi connectivity index (χ2v) is 7.19. The number of benzene rings is 1. The van der Waals surface area contributed by atoms with E-state index in [1.165, 1.54) is 0 Å². The number of methoxy groups -OCH3 is 1. The molecule has 1 aromatic carbocycles. The second-order valence-electron chi connectivity index (χ2n) is 7.19. The highest BCUT2D eigenvalue weighted by atomic mass is 16.5. The number of rotatable bonds is 7. The second kappa shape index (κ2) is 12.1. The summed E-state index contributed by atoms with van der Waals surface area (Å²) >= 11 is 0. The van der Waals surface area contributed by atoms with E-state index in [0.29, 0.717) is 19.2 Å². The Kier molecular flexibility index (Phi) is 9.46. The Bertz CT molecular complexity index is 756. The third-order valence-electron chi connectivity index (χ3n) is 5.25. The maximum atomic E-state index is 12.9. The number of urea groups is 1. The number of nitrogens with zero attached hydrogens (tertiary/aromatic N) is 2. The van der Waals surface area contributed by atoms with Gasteiger partial charge in [-0.2, -0.15) is 0 Å². The molecular formula is C21H32N4O4. The molecule has 2 heterocycles. The fraction of sp³-hybridized carbons (Fsp3) is 0.524. The highest BCUT2D eigenvalue weighted by Crippen LogP contribution is 2.19. The average Bonchev–Trinajstić information content (AvgIpc) is 3.20. The van der Waals surface area contributed by atoms with Crippen molar-refractivity contribution in [1.82, 2.24) is 20.1 Å². The molecule has 2 aromatic rings. The number of H-pyrrole nitrogens is 1. The van der Waals surface area contributed by atoms with Gasteiger partial charge >= 0.3 is 6.03 Å². The summed E-state index contributed by atoms with van der Waals surface area (Å²) in [4.78, 5) is 28.8. The van der Waals surface area contributed by atoms with Crippen LogP contribution in [0.15, 0.2) is 30.5 Å². The topological polar surface area (TPSA) is 97.9 Å². The van der Waals surface area contributed by atoms with Crippen molar-refractivity contribution in [2.75, 3.05) is 40.4 Å². The number of fused-ring (bicyclic) bond motifs is 1. The lowest BCUT2D eigenvalue weighted by atomic mass is 10.0. The Balaban J connectivity index is 0.000000941. The van der Waals surface area contributed by atoms with Crippen LogP contribution in [0.5, 0.6) is 0 Å². The van der Waals surface area contributed by atoms with E-state index in [1.807, 2.05) is 17.2 Å². The molecule has 1 aliphatic heterocycles. The first-order chi connectivity index (χ1) is 14.1. The Morgan fingerprint density at radius 1 is 1.38 bits per heavy atom. The first kappa shape index (κ1) is 22.7. The van der Waals surface area contributed by atoms with E-state index in [1.54, 1.807) is 7.11 Å². The van der Waals surface area contributed by atoms with Crippen molar-refractivity contribution >= 4 is 23.4 Å². The zero-order chi connectivity index (χ0) is 21.1. The zero-order valence-corrected chi connectivity index (χ0v) is 17.3. The molecule has 1 aromatic heterocycles. The number of carboxylic acid groups (broad SMARTS) is 1. The van der Waals surface area contributed by atoms with E-state index in [0.717, 1.165) is 55.4 Å². The summed E-state index contributed by atoms with van der Waals surface area (Å²) in [5, 5.41) is 11.2. The van der Waals surface area contributed by atoms with Crippen LogP contribution < -0.4 is 5.32 Å². The molecular weight excluding hydrogens is 372 g/mol. The van der Waals surface area contributed by atoms with Gasteiger partial charge in [0.2, 0.25) is 0 Å². The first-order valence-corrected chi connectivity index (χ1v) is 9.95. The van der Waals surface area contributed by atoms with Crippen molar-refractivity contribution in [3.63, 3.8) is 0 Å². The largest absolute Gasteiger partial charge is 0.483 e. The van der Waals surface area contributed by atoms with Crippen LogP contribution in [0.25, 0.3) is 10.9 Å². The van der Waals surface area contributed by atoms with Gasteiger partial charge in [0, 0.05) is 49.9 Å². The standard InChI is InChI=1S/C20H30N4O2.CH2O2/c1-23-12-8-17(9-13-23)24(11-4-14-26-2)20(25)22-15-16-5-3-6-19-18(16)7-10-21-19;2-1-3/h3,5-7,10,17,21H,4,8-9,11-15H2,1-2H3,(H,22,25);1H,(H,2,3). The lowest BCUT2D eigenvalue weighted by molar-refractivity contribution is -0.122. The minimum Gasteiger partial charge on any atom is -0.483 e. The number of aromatic amines is 1. The average molecular weight is 405 g/mol. The number of aromatic nitrogens is 1. The van der Waals surface area contributed by atoms with Crippen LogP contribution in [0.1, 0.15) is 24.8 Å². The predicted octanol–water partition coefficient (Wildman–Crippen LogP) is 2.51. The molecule has 0 spiro atoms. The number of amides is 2. The van der Waals surface area contributed by atoms with Gasteiger partial charge in [-0.25, -0.2) is 4.79 Å². The van der Waals surface area contributed by atoms with Crippen molar-refractivity contribution in [3.8, 4) is 0 Å². The summed E-state index contributed by atoms with van der Waals surface area (Å²) in [6.07, 6.45) is 4.86. The lowest BCUT2D eigenvalue weighted by Crippen LogP contribution is -2.50. The third kappa shape index (κ3) is 6.76. The molecule has 0 bridgehead atoms. The third-order valence-corrected chi connectivity index (χ3v) is 5.25. The van der Waals surface area contributed by atoms with Gasteiger partial charge < -0.3 is 29.9 Å². The number of hydrogen-bond acceptors (Lipinski definition) is 4. The van der Waals surface area contributed by atoms with Crippen molar-refractivity contribution in [1.29, 1.82) is 0 Å². The number of nitrogens with one attached hydrogen (secondary N) is 2. The molecule has 29 heavy (non-hydrogen) atoms. The highest BCUT2D eigenvalue weighted by Gasteiger charge is 2.26. The van der Waals surface area contributed by atoms with Crippen molar-refractivity contribution in [2.45, 2.75) is 31.8 Å². The van der Waals surface area contributed by atoms with Crippen molar-refractivity contribution in [3.05, 3.63) is 36.0 Å². The molecule has 8 nitrogen and oxygen atoms in total.